The maximum absolute atomic E-state index is 9.68. The van der Waals surface area contributed by atoms with Gasteiger partial charge in [0, 0.05) is 6.61 Å². The number of rotatable bonds is 8. The molecule has 0 radical (unpaired) electrons. The van der Waals surface area contributed by atoms with Gasteiger partial charge in [-0.05, 0) is 19.3 Å². The second-order valence-electron chi connectivity index (χ2n) is 3.53. The molecule has 2 nitrogen and oxygen atoms in total. The summed E-state index contributed by atoms with van der Waals surface area (Å²) >= 11 is 0. The fraction of sp³-hybridized carbons (Fsp3) is 1.00. The summed E-state index contributed by atoms with van der Waals surface area (Å²) < 4.78 is 5.60. The molecule has 0 aliphatic heterocycles. The van der Waals surface area contributed by atoms with Crippen molar-refractivity contribution < 1.29 is 9.84 Å². The van der Waals surface area contributed by atoms with Crippen LogP contribution in [0.25, 0.3) is 0 Å². The third kappa shape index (κ3) is 6.05. The first-order valence-electron chi connectivity index (χ1n) is 5.55. The zero-order chi connectivity index (χ0) is 10.1. The molecule has 0 aromatic heterocycles. The highest BCUT2D eigenvalue weighted by molar-refractivity contribution is 4.66. The lowest BCUT2D eigenvalue weighted by Gasteiger charge is -2.21. The fourth-order valence-corrected chi connectivity index (χ4v) is 1.36. The van der Waals surface area contributed by atoms with E-state index in [4.69, 9.17) is 4.74 Å². The topological polar surface area (TPSA) is 29.5 Å². The van der Waals surface area contributed by atoms with Crippen LogP contribution in [0.15, 0.2) is 0 Å². The van der Waals surface area contributed by atoms with Crippen molar-refractivity contribution in [2.75, 3.05) is 6.61 Å². The quantitative estimate of drug-likeness (QED) is 0.593. The maximum Gasteiger partial charge on any atom is 0.0831 e. The van der Waals surface area contributed by atoms with Gasteiger partial charge in [0.2, 0.25) is 0 Å². The van der Waals surface area contributed by atoms with E-state index in [0.717, 1.165) is 38.7 Å². The van der Waals surface area contributed by atoms with Crippen LogP contribution in [0.5, 0.6) is 0 Å². The lowest BCUT2D eigenvalue weighted by Crippen LogP contribution is -2.28. The normalized spacial score (nSPS) is 15.7. The Morgan fingerprint density at radius 1 is 1.15 bits per heavy atom. The first-order chi connectivity index (χ1) is 6.26. The second-order valence-corrected chi connectivity index (χ2v) is 3.53. The zero-order valence-corrected chi connectivity index (χ0v) is 9.25. The Balaban J connectivity index is 3.60. The minimum absolute atomic E-state index is 0.0477. The number of hydrogen-bond donors (Lipinski definition) is 1. The molecule has 0 aliphatic carbocycles. The summed E-state index contributed by atoms with van der Waals surface area (Å²) in [7, 11) is 0. The monoisotopic (exact) mass is 188 g/mol. The summed E-state index contributed by atoms with van der Waals surface area (Å²) in [5.41, 5.74) is 0. The molecule has 0 amide bonds. The molecular weight excluding hydrogens is 164 g/mol. The Labute approximate surface area is 82.3 Å². The van der Waals surface area contributed by atoms with Gasteiger partial charge in [-0.1, -0.05) is 33.6 Å². The van der Waals surface area contributed by atoms with E-state index in [1.807, 2.05) is 0 Å². The molecule has 0 spiro atoms. The molecule has 0 saturated carbocycles. The van der Waals surface area contributed by atoms with E-state index in [1.54, 1.807) is 0 Å². The van der Waals surface area contributed by atoms with Crippen molar-refractivity contribution in [3.63, 3.8) is 0 Å². The maximum atomic E-state index is 9.68. The van der Waals surface area contributed by atoms with Gasteiger partial charge in [-0.2, -0.15) is 0 Å². The van der Waals surface area contributed by atoms with Crippen molar-refractivity contribution in [1.82, 2.24) is 0 Å². The Morgan fingerprint density at radius 3 is 2.31 bits per heavy atom. The molecule has 1 N–H and O–H groups in total. The second kappa shape index (κ2) is 8.52. The van der Waals surface area contributed by atoms with Gasteiger partial charge in [0.15, 0.2) is 0 Å². The summed E-state index contributed by atoms with van der Waals surface area (Å²) in [6.07, 6.45) is 4.80. The van der Waals surface area contributed by atoms with Crippen molar-refractivity contribution in [3.8, 4) is 0 Å². The third-order valence-corrected chi connectivity index (χ3v) is 2.25. The lowest BCUT2D eigenvalue weighted by atomic mass is 10.1. The molecule has 2 heteroatoms. The van der Waals surface area contributed by atoms with E-state index in [9.17, 15) is 5.11 Å². The minimum Gasteiger partial charge on any atom is -0.390 e. The van der Waals surface area contributed by atoms with Crippen molar-refractivity contribution in [2.24, 2.45) is 0 Å². The predicted molar refractivity (Wildman–Crippen MR) is 55.9 cm³/mol. The number of ether oxygens (including phenoxy) is 1. The number of unbranched alkanes of at least 4 members (excludes halogenated alkanes) is 1. The van der Waals surface area contributed by atoms with Gasteiger partial charge in [-0.15, -0.1) is 0 Å². The van der Waals surface area contributed by atoms with Gasteiger partial charge in [0.05, 0.1) is 12.2 Å². The summed E-state index contributed by atoms with van der Waals surface area (Å²) in [6.45, 7) is 7.08. The van der Waals surface area contributed by atoms with E-state index < -0.39 is 0 Å². The molecule has 13 heavy (non-hydrogen) atoms. The molecule has 0 fully saturated rings. The summed E-state index contributed by atoms with van der Waals surface area (Å²) in [5.74, 6) is 0. The van der Waals surface area contributed by atoms with Gasteiger partial charge in [-0.25, -0.2) is 0 Å². The van der Waals surface area contributed by atoms with Gasteiger partial charge in [0.1, 0.15) is 0 Å². The van der Waals surface area contributed by atoms with E-state index in [2.05, 4.69) is 20.8 Å². The minimum atomic E-state index is -0.271. The molecule has 0 saturated heterocycles. The van der Waals surface area contributed by atoms with E-state index in [-0.39, 0.29) is 12.2 Å². The average molecular weight is 188 g/mol. The molecular formula is C11H24O2. The molecule has 0 rings (SSSR count). The molecule has 0 aliphatic rings. The molecule has 2 unspecified atom stereocenters. The Kier molecular flexibility index (Phi) is 8.46. The van der Waals surface area contributed by atoms with Crippen LogP contribution < -0.4 is 0 Å². The van der Waals surface area contributed by atoms with Crippen LogP contribution in [0.2, 0.25) is 0 Å². The molecule has 0 heterocycles. The molecule has 0 bridgehead atoms. The van der Waals surface area contributed by atoms with E-state index in [1.165, 1.54) is 0 Å². The highest BCUT2D eigenvalue weighted by atomic mass is 16.5. The highest BCUT2D eigenvalue weighted by Crippen LogP contribution is 2.10. The van der Waals surface area contributed by atoms with E-state index in [0.29, 0.717) is 0 Å². The standard InChI is InChI=1S/C11H24O2/c1-4-7-9-13-11(6-3)10(12)8-5-2/h10-12H,4-9H2,1-3H3. The molecule has 0 aromatic carbocycles. The van der Waals surface area contributed by atoms with Crippen molar-refractivity contribution >= 4 is 0 Å². The van der Waals surface area contributed by atoms with Crippen LogP contribution in [0.4, 0.5) is 0 Å². The molecule has 80 valence electrons. The molecule has 2 atom stereocenters. The van der Waals surface area contributed by atoms with Crippen molar-refractivity contribution in [3.05, 3.63) is 0 Å². The van der Waals surface area contributed by atoms with Gasteiger partial charge in [0.25, 0.3) is 0 Å². The Hall–Kier alpha value is -0.0800. The lowest BCUT2D eigenvalue weighted by molar-refractivity contribution is -0.0429. The van der Waals surface area contributed by atoms with Crippen LogP contribution in [0.1, 0.15) is 52.9 Å². The summed E-state index contributed by atoms with van der Waals surface area (Å²) in [5, 5.41) is 9.68. The SMILES string of the molecule is CCCCOC(CC)C(O)CCC. The largest absolute Gasteiger partial charge is 0.390 e. The van der Waals surface area contributed by atoms with Crippen molar-refractivity contribution in [1.29, 1.82) is 0 Å². The first-order valence-corrected chi connectivity index (χ1v) is 5.55. The smallest absolute Gasteiger partial charge is 0.0831 e. The summed E-state index contributed by atoms with van der Waals surface area (Å²) in [6, 6.07) is 0. The predicted octanol–water partition coefficient (Wildman–Crippen LogP) is 2.74. The van der Waals surface area contributed by atoms with Crippen LogP contribution in [-0.4, -0.2) is 23.9 Å². The van der Waals surface area contributed by atoms with E-state index >= 15 is 0 Å². The van der Waals surface area contributed by atoms with Crippen LogP contribution in [0.3, 0.4) is 0 Å². The van der Waals surface area contributed by atoms with Gasteiger partial charge >= 0.3 is 0 Å². The zero-order valence-electron chi connectivity index (χ0n) is 9.25. The van der Waals surface area contributed by atoms with Gasteiger partial charge in [-0.3, -0.25) is 0 Å². The average Bonchev–Trinajstić information content (AvgIpc) is 2.13. The van der Waals surface area contributed by atoms with Crippen LogP contribution in [-0.2, 0) is 4.74 Å². The number of aliphatic hydroxyl groups is 1. The van der Waals surface area contributed by atoms with Gasteiger partial charge < -0.3 is 9.84 Å². The van der Waals surface area contributed by atoms with Crippen molar-refractivity contribution in [2.45, 2.75) is 65.1 Å². The highest BCUT2D eigenvalue weighted by Gasteiger charge is 2.16. The Bertz CT molecular complexity index is 104. The van der Waals surface area contributed by atoms with Crippen LogP contribution >= 0.6 is 0 Å². The number of aliphatic hydroxyl groups excluding tert-OH is 1. The first kappa shape index (κ1) is 12.9. The fourth-order valence-electron chi connectivity index (χ4n) is 1.36. The Morgan fingerprint density at radius 2 is 1.85 bits per heavy atom. The summed E-state index contributed by atoms with van der Waals surface area (Å²) in [4.78, 5) is 0. The number of hydrogen-bond acceptors (Lipinski definition) is 2. The molecule has 0 aromatic rings. The van der Waals surface area contributed by atoms with Crippen LogP contribution in [0, 0.1) is 0 Å². The third-order valence-electron chi connectivity index (χ3n) is 2.25.